The van der Waals surface area contributed by atoms with Gasteiger partial charge < -0.3 is 14.6 Å². The Labute approximate surface area is 259 Å². The maximum Gasteiger partial charge on any atom is 0.266 e. The standard InChI is InChI=1S/C32H35BrN6O4/c33-27-13-9-23(10-14-27)29-32(31(41)37-39-17-4-1-5-18-39,21-25-7-2-3-8-26(25)22-35-38-34)36-30(43-29)24-11-15-28(16-12-24)42-20-6-19-40/h2-3,7-16,29,40H,1,4-6,17-22H2,(H,37,41)/t29-,32-/m0/s1. The quantitative estimate of drug-likeness (QED) is 0.107. The first-order chi connectivity index (χ1) is 21.0. The van der Waals surface area contributed by atoms with Crippen LogP contribution in [0, 0.1) is 0 Å². The Morgan fingerprint density at radius 3 is 2.51 bits per heavy atom. The number of piperidine rings is 1. The highest BCUT2D eigenvalue weighted by molar-refractivity contribution is 9.10. The zero-order valence-electron chi connectivity index (χ0n) is 23.9. The summed E-state index contributed by atoms with van der Waals surface area (Å²) in [6, 6.07) is 22.8. The number of hydrogen-bond acceptors (Lipinski definition) is 7. The van der Waals surface area contributed by atoms with E-state index in [9.17, 15) is 4.79 Å². The maximum absolute atomic E-state index is 14.5. The molecule has 1 saturated heterocycles. The summed E-state index contributed by atoms with van der Waals surface area (Å²) < 4.78 is 13.2. The van der Waals surface area contributed by atoms with Crippen LogP contribution in [0.1, 0.15) is 54.0 Å². The first-order valence-corrected chi connectivity index (χ1v) is 15.3. The summed E-state index contributed by atoms with van der Waals surface area (Å²) in [5.41, 5.74) is 14.0. The van der Waals surface area contributed by atoms with Crippen LogP contribution in [-0.2, 0) is 22.5 Å². The monoisotopic (exact) mass is 646 g/mol. The molecular weight excluding hydrogens is 612 g/mol. The number of nitrogens with one attached hydrogen (secondary N) is 1. The van der Waals surface area contributed by atoms with E-state index in [1.165, 1.54) is 0 Å². The van der Waals surface area contributed by atoms with E-state index in [0.29, 0.717) is 30.2 Å². The number of halogens is 1. The number of carbonyl (C=O) groups excluding carboxylic acids is 1. The minimum Gasteiger partial charge on any atom is -0.494 e. The van der Waals surface area contributed by atoms with E-state index in [1.54, 1.807) is 0 Å². The molecule has 2 heterocycles. The largest absolute Gasteiger partial charge is 0.494 e. The van der Waals surface area contributed by atoms with Crippen LogP contribution in [-0.4, -0.2) is 53.8 Å². The third kappa shape index (κ3) is 7.37. The van der Waals surface area contributed by atoms with E-state index < -0.39 is 11.6 Å². The average molecular weight is 648 g/mol. The summed E-state index contributed by atoms with van der Waals surface area (Å²) in [5, 5.41) is 14.8. The molecule has 2 aliphatic heterocycles. The van der Waals surface area contributed by atoms with Crippen molar-refractivity contribution in [2.75, 3.05) is 26.3 Å². The fourth-order valence-corrected chi connectivity index (χ4v) is 5.71. The number of hydrazine groups is 1. The molecule has 2 aliphatic rings. The SMILES string of the molecule is [N-]=[N+]=NCc1ccccc1C[C@]1(C(=O)NN2CCCCC2)N=C(c2ccc(OCCCO)cc2)O[C@H]1c1ccc(Br)cc1. The summed E-state index contributed by atoms with van der Waals surface area (Å²) in [5.74, 6) is 0.775. The molecule has 0 bridgehead atoms. The molecule has 5 rings (SSSR count). The number of aliphatic hydroxyl groups is 1. The predicted octanol–water partition coefficient (Wildman–Crippen LogP) is 6.04. The molecule has 0 aliphatic carbocycles. The van der Waals surface area contributed by atoms with Gasteiger partial charge in [-0.25, -0.2) is 10.0 Å². The van der Waals surface area contributed by atoms with Crippen molar-refractivity contribution >= 4 is 27.7 Å². The van der Waals surface area contributed by atoms with Gasteiger partial charge in [-0.15, -0.1) is 0 Å². The molecule has 10 nitrogen and oxygen atoms in total. The summed E-state index contributed by atoms with van der Waals surface area (Å²) in [6.45, 7) is 2.18. The topological polar surface area (TPSA) is 132 Å². The molecule has 11 heteroatoms. The lowest BCUT2D eigenvalue weighted by Crippen LogP contribution is -2.56. The smallest absolute Gasteiger partial charge is 0.266 e. The number of rotatable bonds is 12. The highest BCUT2D eigenvalue weighted by Crippen LogP contribution is 2.43. The fraction of sp³-hybridized carbons (Fsp3) is 0.375. The van der Waals surface area contributed by atoms with Crippen molar-refractivity contribution in [1.82, 2.24) is 10.4 Å². The second kappa shape index (κ2) is 14.5. The zero-order valence-corrected chi connectivity index (χ0v) is 25.4. The van der Waals surface area contributed by atoms with Crippen molar-refractivity contribution in [2.45, 2.75) is 50.3 Å². The Bertz CT molecular complexity index is 1470. The molecule has 2 atom stereocenters. The van der Waals surface area contributed by atoms with Crippen LogP contribution in [0.2, 0.25) is 0 Å². The molecule has 43 heavy (non-hydrogen) atoms. The molecule has 3 aromatic carbocycles. The van der Waals surface area contributed by atoms with E-state index in [4.69, 9.17) is 25.1 Å². The van der Waals surface area contributed by atoms with Gasteiger partial charge in [0, 0.05) is 47.5 Å². The van der Waals surface area contributed by atoms with Crippen molar-refractivity contribution in [3.8, 4) is 5.75 Å². The molecule has 224 valence electrons. The van der Waals surface area contributed by atoms with Crippen LogP contribution in [0.15, 0.2) is 87.4 Å². The van der Waals surface area contributed by atoms with Crippen LogP contribution in [0.25, 0.3) is 10.4 Å². The van der Waals surface area contributed by atoms with Crippen molar-refractivity contribution in [3.63, 3.8) is 0 Å². The van der Waals surface area contributed by atoms with Crippen molar-refractivity contribution in [1.29, 1.82) is 0 Å². The van der Waals surface area contributed by atoms with Gasteiger partial charge in [-0.2, -0.15) is 0 Å². The van der Waals surface area contributed by atoms with Gasteiger partial charge in [0.15, 0.2) is 11.6 Å². The van der Waals surface area contributed by atoms with Gasteiger partial charge in [-0.3, -0.25) is 10.2 Å². The van der Waals surface area contributed by atoms with Gasteiger partial charge in [0.1, 0.15) is 5.75 Å². The Morgan fingerprint density at radius 1 is 1.09 bits per heavy atom. The molecule has 0 radical (unpaired) electrons. The highest BCUT2D eigenvalue weighted by Gasteiger charge is 2.54. The number of carbonyl (C=O) groups is 1. The molecule has 0 unspecified atom stereocenters. The van der Waals surface area contributed by atoms with Crippen molar-refractivity contribution < 1.29 is 19.4 Å². The van der Waals surface area contributed by atoms with Crippen LogP contribution in [0.3, 0.4) is 0 Å². The second-order valence-electron chi connectivity index (χ2n) is 10.7. The summed E-state index contributed by atoms with van der Waals surface area (Å²) in [7, 11) is 0. The minimum atomic E-state index is -1.36. The zero-order chi connectivity index (χ0) is 30.1. The number of benzene rings is 3. The van der Waals surface area contributed by atoms with E-state index >= 15 is 0 Å². The van der Waals surface area contributed by atoms with E-state index in [0.717, 1.165) is 53.5 Å². The van der Waals surface area contributed by atoms with Crippen LogP contribution in [0.4, 0.5) is 0 Å². The lowest BCUT2D eigenvalue weighted by atomic mass is 9.81. The van der Waals surface area contributed by atoms with Gasteiger partial charge in [0.05, 0.1) is 13.2 Å². The van der Waals surface area contributed by atoms with Crippen LogP contribution in [0.5, 0.6) is 5.75 Å². The number of nitrogens with zero attached hydrogens (tertiary/aromatic N) is 5. The predicted molar refractivity (Wildman–Crippen MR) is 167 cm³/mol. The molecule has 0 spiro atoms. The van der Waals surface area contributed by atoms with Gasteiger partial charge in [0.25, 0.3) is 5.91 Å². The van der Waals surface area contributed by atoms with Crippen molar-refractivity contribution in [2.24, 2.45) is 10.1 Å². The van der Waals surface area contributed by atoms with Gasteiger partial charge in [-0.1, -0.05) is 63.9 Å². The lowest BCUT2D eigenvalue weighted by Gasteiger charge is -2.35. The second-order valence-corrected chi connectivity index (χ2v) is 11.6. The maximum atomic E-state index is 14.5. The Kier molecular flexibility index (Phi) is 10.3. The first kappa shape index (κ1) is 30.6. The number of amides is 1. The summed E-state index contributed by atoms with van der Waals surface area (Å²) in [4.78, 5) is 22.6. The number of hydrogen-bond donors (Lipinski definition) is 2. The fourth-order valence-electron chi connectivity index (χ4n) is 5.45. The van der Waals surface area contributed by atoms with Gasteiger partial charge in [-0.05, 0) is 71.5 Å². The first-order valence-electron chi connectivity index (χ1n) is 14.5. The van der Waals surface area contributed by atoms with E-state index in [1.807, 2.05) is 77.8 Å². The summed E-state index contributed by atoms with van der Waals surface area (Å²) >= 11 is 3.52. The number of aliphatic imine (C=N–C) groups is 1. The highest BCUT2D eigenvalue weighted by atomic mass is 79.9. The molecular formula is C32H35BrN6O4. The lowest BCUT2D eigenvalue weighted by molar-refractivity contribution is -0.134. The Morgan fingerprint density at radius 2 is 1.81 bits per heavy atom. The molecule has 1 fully saturated rings. The molecule has 1 amide bonds. The Balaban J connectivity index is 1.59. The molecule has 0 aromatic heterocycles. The summed E-state index contributed by atoms with van der Waals surface area (Å²) in [6.07, 6.45) is 3.20. The van der Waals surface area contributed by atoms with Crippen molar-refractivity contribution in [3.05, 3.63) is 110 Å². The van der Waals surface area contributed by atoms with E-state index in [-0.39, 0.29) is 25.5 Å². The third-order valence-electron chi connectivity index (χ3n) is 7.70. The molecule has 3 aromatic rings. The van der Waals surface area contributed by atoms with Gasteiger partial charge >= 0.3 is 0 Å². The van der Waals surface area contributed by atoms with E-state index in [2.05, 4.69) is 31.4 Å². The average Bonchev–Trinajstić information content (AvgIpc) is 3.42. The molecule has 0 saturated carbocycles. The third-order valence-corrected chi connectivity index (χ3v) is 8.23. The molecule has 2 N–H and O–H groups in total. The minimum absolute atomic E-state index is 0.0632. The normalized spacial score (nSPS) is 20.0. The van der Waals surface area contributed by atoms with Crippen LogP contribution < -0.4 is 10.2 Å². The number of azide groups is 1. The van der Waals surface area contributed by atoms with Gasteiger partial charge in [0.2, 0.25) is 5.90 Å². The number of ether oxygens (including phenoxy) is 2. The van der Waals surface area contributed by atoms with Crippen LogP contribution >= 0.6 is 15.9 Å². The number of aliphatic hydroxyl groups excluding tert-OH is 1. The Hall–Kier alpha value is -3.89.